The normalized spacial score (nSPS) is 8.75. The van der Waals surface area contributed by atoms with Crippen LogP contribution in [0.4, 0.5) is 0 Å². The minimum Gasteiger partial charge on any atom is -0.293 e. The average molecular weight is 168 g/mol. The SMILES string of the molecule is CC.CC(=O)c1cc(C)n(C)n1. The third-order valence-electron chi connectivity index (χ3n) is 1.47. The van der Waals surface area contributed by atoms with E-state index >= 15 is 0 Å². The zero-order valence-electron chi connectivity index (χ0n) is 8.38. The summed E-state index contributed by atoms with van der Waals surface area (Å²) in [5.74, 6) is 0.0173. The summed E-state index contributed by atoms with van der Waals surface area (Å²) < 4.78 is 1.69. The molecular formula is C9H16N2O. The molecule has 1 rings (SSSR count). The molecule has 1 heterocycles. The molecule has 0 atom stereocenters. The molecule has 0 unspecified atom stereocenters. The van der Waals surface area contributed by atoms with Crippen LogP contribution in [0.5, 0.6) is 0 Å². The summed E-state index contributed by atoms with van der Waals surface area (Å²) in [5.41, 5.74) is 1.55. The fourth-order valence-corrected chi connectivity index (χ4v) is 0.733. The molecule has 0 aliphatic heterocycles. The van der Waals surface area contributed by atoms with Crippen LogP contribution in [0.15, 0.2) is 6.07 Å². The molecular weight excluding hydrogens is 152 g/mol. The van der Waals surface area contributed by atoms with Crippen LogP contribution in [-0.2, 0) is 7.05 Å². The van der Waals surface area contributed by atoms with Crippen LogP contribution in [-0.4, -0.2) is 15.6 Å². The van der Waals surface area contributed by atoms with Gasteiger partial charge in [-0.1, -0.05) is 13.8 Å². The molecule has 68 valence electrons. The summed E-state index contributed by atoms with van der Waals surface area (Å²) in [5, 5.41) is 3.98. The summed E-state index contributed by atoms with van der Waals surface area (Å²) in [6, 6.07) is 1.78. The summed E-state index contributed by atoms with van der Waals surface area (Å²) in [6.07, 6.45) is 0. The van der Waals surface area contributed by atoms with Crippen molar-refractivity contribution in [3.8, 4) is 0 Å². The molecule has 0 spiro atoms. The van der Waals surface area contributed by atoms with E-state index in [0.717, 1.165) is 5.69 Å². The summed E-state index contributed by atoms with van der Waals surface area (Å²) in [7, 11) is 1.82. The Morgan fingerprint density at radius 2 is 2.00 bits per heavy atom. The maximum absolute atomic E-state index is 10.7. The lowest BCUT2D eigenvalue weighted by molar-refractivity contribution is 0.101. The fraction of sp³-hybridized carbons (Fsp3) is 0.556. The molecule has 0 N–H and O–H groups in total. The van der Waals surface area contributed by atoms with E-state index < -0.39 is 0 Å². The molecule has 1 aromatic rings. The quantitative estimate of drug-likeness (QED) is 0.601. The highest BCUT2D eigenvalue weighted by molar-refractivity contribution is 5.92. The standard InChI is InChI=1S/C7H10N2O.C2H6/c1-5-4-7(6(2)10)8-9(5)3;1-2/h4H,1-3H3;1-2H3. The lowest BCUT2D eigenvalue weighted by Crippen LogP contribution is -1.96. The first kappa shape index (κ1) is 10.9. The Hall–Kier alpha value is -1.12. The van der Waals surface area contributed by atoms with E-state index in [-0.39, 0.29) is 5.78 Å². The van der Waals surface area contributed by atoms with Crippen molar-refractivity contribution in [2.24, 2.45) is 7.05 Å². The molecule has 0 saturated carbocycles. The van der Waals surface area contributed by atoms with E-state index in [1.54, 1.807) is 10.7 Å². The molecule has 0 radical (unpaired) electrons. The van der Waals surface area contributed by atoms with Crippen molar-refractivity contribution in [3.63, 3.8) is 0 Å². The first-order valence-electron chi connectivity index (χ1n) is 4.13. The minimum atomic E-state index is 0.0173. The zero-order chi connectivity index (χ0) is 9.72. The van der Waals surface area contributed by atoms with Gasteiger partial charge >= 0.3 is 0 Å². The molecule has 3 heteroatoms. The van der Waals surface area contributed by atoms with Gasteiger partial charge < -0.3 is 0 Å². The van der Waals surface area contributed by atoms with Crippen LogP contribution in [0.2, 0.25) is 0 Å². The Morgan fingerprint density at radius 1 is 1.50 bits per heavy atom. The van der Waals surface area contributed by atoms with Gasteiger partial charge in [0.2, 0.25) is 0 Å². The highest BCUT2D eigenvalue weighted by Gasteiger charge is 2.03. The lowest BCUT2D eigenvalue weighted by atomic mass is 10.3. The predicted octanol–water partition coefficient (Wildman–Crippen LogP) is 1.96. The number of hydrogen-bond acceptors (Lipinski definition) is 2. The Labute approximate surface area is 73.4 Å². The average Bonchev–Trinajstić information content (AvgIpc) is 2.36. The first-order valence-corrected chi connectivity index (χ1v) is 4.13. The fourth-order valence-electron chi connectivity index (χ4n) is 0.733. The Balaban J connectivity index is 0.000000561. The third-order valence-corrected chi connectivity index (χ3v) is 1.47. The maximum Gasteiger partial charge on any atom is 0.179 e. The van der Waals surface area contributed by atoms with Crippen molar-refractivity contribution in [2.45, 2.75) is 27.7 Å². The van der Waals surface area contributed by atoms with E-state index in [1.807, 2.05) is 27.8 Å². The molecule has 1 aromatic heterocycles. The number of aryl methyl sites for hydroxylation is 2. The van der Waals surface area contributed by atoms with Crippen molar-refractivity contribution in [2.75, 3.05) is 0 Å². The second-order valence-electron chi connectivity index (χ2n) is 2.35. The van der Waals surface area contributed by atoms with Crippen LogP contribution in [0.1, 0.15) is 37.0 Å². The highest BCUT2D eigenvalue weighted by Crippen LogP contribution is 2.00. The van der Waals surface area contributed by atoms with Crippen LogP contribution in [0.25, 0.3) is 0 Å². The number of ketones is 1. The van der Waals surface area contributed by atoms with E-state index in [1.165, 1.54) is 6.92 Å². The Bertz CT molecular complexity index is 244. The maximum atomic E-state index is 10.7. The number of hydrogen-bond donors (Lipinski definition) is 0. The molecule has 3 nitrogen and oxygen atoms in total. The summed E-state index contributed by atoms with van der Waals surface area (Å²) in [4.78, 5) is 10.7. The summed E-state index contributed by atoms with van der Waals surface area (Å²) in [6.45, 7) is 7.43. The predicted molar refractivity (Wildman–Crippen MR) is 49.3 cm³/mol. The number of aromatic nitrogens is 2. The van der Waals surface area contributed by atoms with Gasteiger partial charge in [0.05, 0.1) is 0 Å². The van der Waals surface area contributed by atoms with E-state index in [0.29, 0.717) is 5.69 Å². The van der Waals surface area contributed by atoms with E-state index in [9.17, 15) is 4.79 Å². The van der Waals surface area contributed by atoms with Gasteiger partial charge in [-0.2, -0.15) is 5.10 Å². The third kappa shape index (κ3) is 2.49. The second kappa shape index (κ2) is 4.70. The zero-order valence-corrected chi connectivity index (χ0v) is 8.38. The van der Waals surface area contributed by atoms with E-state index in [4.69, 9.17) is 0 Å². The van der Waals surface area contributed by atoms with Crippen LogP contribution < -0.4 is 0 Å². The van der Waals surface area contributed by atoms with Crippen molar-refractivity contribution in [1.29, 1.82) is 0 Å². The molecule has 0 aliphatic rings. The topological polar surface area (TPSA) is 34.9 Å². The van der Waals surface area contributed by atoms with Crippen molar-refractivity contribution >= 4 is 5.78 Å². The van der Waals surface area contributed by atoms with Gasteiger partial charge in [-0.25, -0.2) is 0 Å². The van der Waals surface area contributed by atoms with Gasteiger partial charge in [-0.15, -0.1) is 0 Å². The Morgan fingerprint density at radius 3 is 2.17 bits per heavy atom. The molecule has 0 amide bonds. The largest absolute Gasteiger partial charge is 0.293 e. The molecule has 0 aromatic carbocycles. The number of nitrogens with zero attached hydrogens (tertiary/aromatic N) is 2. The number of Topliss-reactive ketones (excluding diaryl/α,β-unsaturated/α-hetero) is 1. The van der Waals surface area contributed by atoms with Gasteiger partial charge in [-0.05, 0) is 13.0 Å². The molecule has 0 bridgehead atoms. The molecule has 0 saturated heterocycles. The van der Waals surface area contributed by atoms with Gasteiger partial charge in [0.25, 0.3) is 0 Å². The molecule has 12 heavy (non-hydrogen) atoms. The minimum absolute atomic E-state index is 0.0173. The van der Waals surface area contributed by atoms with E-state index in [2.05, 4.69) is 5.10 Å². The van der Waals surface area contributed by atoms with Crippen LogP contribution >= 0.6 is 0 Å². The van der Waals surface area contributed by atoms with Gasteiger partial charge in [0, 0.05) is 19.7 Å². The van der Waals surface area contributed by atoms with Gasteiger partial charge in [0.15, 0.2) is 5.78 Å². The van der Waals surface area contributed by atoms with Gasteiger partial charge in [-0.3, -0.25) is 9.48 Å². The number of carbonyl (C=O) groups excluding carboxylic acids is 1. The number of carbonyl (C=O) groups is 1. The Kier molecular flexibility index (Phi) is 4.26. The highest BCUT2D eigenvalue weighted by atomic mass is 16.1. The smallest absolute Gasteiger partial charge is 0.179 e. The van der Waals surface area contributed by atoms with Gasteiger partial charge in [0.1, 0.15) is 5.69 Å². The lowest BCUT2D eigenvalue weighted by Gasteiger charge is -1.88. The van der Waals surface area contributed by atoms with Crippen molar-refractivity contribution in [1.82, 2.24) is 9.78 Å². The van der Waals surface area contributed by atoms with Crippen molar-refractivity contribution < 1.29 is 4.79 Å². The number of rotatable bonds is 1. The van der Waals surface area contributed by atoms with Crippen molar-refractivity contribution in [3.05, 3.63) is 17.5 Å². The molecule has 0 aliphatic carbocycles. The first-order chi connectivity index (χ1) is 5.61. The molecule has 0 fully saturated rings. The monoisotopic (exact) mass is 168 g/mol. The second-order valence-corrected chi connectivity index (χ2v) is 2.35. The summed E-state index contributed by atoms with van der Waals surface area (Å²) >= 11 is 0. The van der Waals surface area contributed by atoms with Crippen LogP contribution in [0.3, 0.4) is 0 Å². The van der Waals surface area contributed by atoms with Crippen LogP contribution in [0, 0.1) is 6.92 Å².